The number of nitrogens with one attached hydrogen (secondary N) is 1. The molecule has 1 amide bonds. The molecule has 26 heavy (non-hydrogen) atoms. The Labute approximate surface area is 147 Å². The summed E-state index contributed by atoms with van der Waals surface area (Å²) in [4.78, 5) is 16.9. The summed E-state index contributed by atoms with van der Waals surface area (Å²) in [5.41, 5.74) is 2.01. The van der Waals surface area contributed by atoms with Gasteiger partial charge in [0, 0.05) is 24.6 Å². The molecule has 0 saturated carbocycles. The second-order valence-corrected chi connectivity index (χ2v) is 6.10. The lowest BCUT2D eigenvalue weighted by Gasteiger charge is -2.19. The molecule has 2 N–H and O–H groups in total. The van der Waals surface area contributed by atoms with Crippen molar-refractivity contribution in [3.8, 4) is 0 Å². The minimum absolute atomic E-state index is 0.0996. The van der Waals surface area contributed by atoms with Gasteiger partial charge in [0.05, 0.1) is 23.1 Å². The molecule has 132 valence electrons. The lowest BCUT2D eigenvalue weighted by Crippen LogP contribution is -2.18. The molecule has 3 aromatic rings. The van der Waals surface area contributed by atoms with Crippen LogP contribution >= 0.6 is 0 Å². The fourth-order valence-electron chi connectivity index (χ4n) is 3.16. The van der Waals surface area contributed by atoms with Gasteiger partial charge in [-0.2, -0.15) is 0 Å². The van der Waals surface area contributed by atoms with E-state index in [4.69, 9.17) is 0 Å². The number of rotatable bonds is 3. The molecule has 4 rings (SSSR count). The van der Waals surface area contributed by atoms with Crippen LogP contribution in [-0.4, -0.2) is 20.6 Å². The number of aliphatic hydroxyl groups excluding tert-OH is 1. The van der Waals surface area contributed by atoms with E-state index in [1.54, 1.807) is 0 Å². The zero-order chi connectivity index (χ0) is 18.3. The first kappa shape index (κ1) is 16.3. The van der Waals surface area contributed by atoms with E-state index in [0.29, 0.717) is 30.4 Å². The quantitative estimate of drug-likeness (QED) is 0.746. The summed E-state index contributed by atoms with van der Waals surface area (Å²) in [6, 6.07) is 10.5. The number of aryl methyl sites for hydroxylation is 1. The van der Waals surface area contributed by atoms with Crippen molar-refractivity contribution < 1.29 is 18.7 Å². The van der Waals surface area contributed by atoms with Gasteiger partial charge in [0.2, 0.25) is 5.91 Å². The van der Waals surface area contributed by atoms with Crippen LogP contribution in [0.15, 0.2) is 48.2 Å². The number of allylic oxidation sites excluding steroid dienone is 1. The molecular formula is C19H15F2N3O2. The predicted molar refractivity (Wildman–Crippen MR) is 93.5 cm³/mol. The largest absolute Gasteiger partial charge is 0.512 e. The molecule has 0 fully saturated rings. The van der Waals surface area contributed by atoms with Gasteiger partial charge in [0.15, 0.2) is 0 Å². The van der Waals surface area contributed by atoms with Gasteiger partial charge >= 0.3 is 0 Å². The van der Waals surface area contributed by atoms with E-state index in [-0.39, 0.29) is 17.9 Å². The van der Waals surface area contributed by atoms with Crippen LogP contribution in [0.5, 0.6) is 0 Å². The summed E-state index contributed by atoms with van der Waals surface area (Å²) in [5, 5.41) is 12.7. The summed E-state index contributed by atoms with van der Waals surface area (Å²) >= 11 is 0. The third-order valence-electron chi connectivity index (χ3n) is 4.39. The molecule has 0 unspecified atom stereocenters. The number of benzene rings is 2. The fraction of sp³-hybridized carbons (Fsp3) is 0.158. The van der Waals surface area contributed by atoms with Crippen LogP contribution in [0.1, 0.15) is 18.7 Å². The van der Waals surface area contributed by atoms with Crippen molar-refractivity contribution in [2.45, 2.75) is 19.4 Å². The Hall–Kier alpha value is -3.22. The summed E-state index contributed by atoms with van der Waals surface area (Å²) in [7, 11) is 0. The molecule has 5 nitrogen and oxygen atoms in total. The van der Waals surface area contributed by atoms with E-state index >= 15 is 0 Å². The first-order chi connectivity index (χ1) is 12.5. The number of hydrogen-bond acceptors (Lipinski definition) is 3. The van der Waals surface area contributed by atoms with Gasteiger partial charge in [-0.05, 0) is 24.3 Å². The SMILES string of the molecule is O=C(CC1=C(O)CCn2c1nc1ccccc12)Nc1ccc(F)cc1F. The van der Waals surface area contributed by atoms with Crippen LogP contribution in [0.25, 0.3) is 16.6 Å². The lowest BCUT2D eigenvalue weighted by molar-refractivity contribution is -0.115. The van der Waals surface area contributed by atoms with Crippen LogP contribution in [0.4, 0.5) is 14.5 Å². The summed E-state index contributed by atoms with van der Waals surface area (Å²) in [5.74, 6) is -1.46. The number of amides is 1. The van der Waals surface area contributed by atoms with Gasteiger partial charge in [-0.1, -0.05) is 12.1 Å². The monoisotopic (exact) mass is 355 g/mol. The van der Waals surface area contributed by atoms with Crippen molar-refractivity contribution in [1.82, 2.24) is 9.55 Å². The number of nitrogens with zero attached hydrogens (tertiary/aromatic N) is 2. The van der Waals surface area contributed by atoms with E-state index in [9.17, 15) is 18.7 Å². The predicted octanol–water partition coefficient (Wildman–Crippen LogP) is 4.02. The van der Waals surface area contributed by atoms with Crippen LogP contribution in [0, 0.1) is 11.6 Å². The van der Waals surface area contributed by atoms with Crippen molar-refractivity contribution >= 4 is 28.2 Å². The maximum Gasteiger partial charge on any atom is 0.229 e. The number of imidazole rings is 1. The summed E-state index contributed by atoms with van der Waals surface area (Å²) in [6.07, 6.45) is 0.229. The molecule has 1 aliphatic rings. The fourth-order valence-corrected chi connectivity index (χ4v) is 3.16. The van der Waals surface area contributed by atoms with Gasteiger partial charge in [0.1, 0.15) is 23.2 Å². The van der Waals surface area contributed by atoms with E-state index in [0.717, 1.165) is 23.2 Å². The van der Waals surface area contributed by atoms with Gasteiger partial charge < -0.3 is 15.0 Å². The molecule has 0 spiro atoms. The zero-order valence-corrected chi connectivity index (χ0v) is 13.7. The van der Waals surface area contributed by atoms with Gasteiger partial charge in [0.25, 0.3) is 0 Å². The third kappa shape index (κ3) is 2.81. The molecular weight excluding hydrogens is 340 g/mol. The highest BCUT2D eigenvalue weighted by molar-refractivity contribution is 5.98. The molecule has 2 heterocycles. The average Bonchev–Trinajstić information content (AvgIpc) is 2.99. The Morgan fingerprint density at radius 3 is 2.85 bits per heavy atom. The first-order valence-electron chi connectivity index (χ1n) is 8.14. The normalized spacial score (nSPS) is 13.8. The average molecular weight is 355 g/mol. The second kappa shape index (κ2) is 6.25. The number of hydrogen-bond donors (Lipinski definition) is 2. The van der Waals surface area contributed by atoms with Crippen LogP contribution in [-0.2, 0) is 11.3 Å². The minimum Gasteiger partial charge on any atom is -0.512 e. The topological polar surface area (TPSA) is 67.1 Å². The Bertz CT molecular complexity index is 1060. The number of fused-ring (bicyclic) bond motifs is 3. The van der Waals surface area contributed by atoms with Gasteiger partial charge in [-0.3, -0.25) is 4.79 Å². The number of halogens is 2. The molecule has 1 aromatic heterocycles. The van der Waals surface area contributed by atoms with Gasteiger partial charge in [-0.25, -0.2) is 13.8 Å². The molecule has 0 radical (unpaired) electrons. The van der Waals surface area contributed by atoms with E-state index in [1.165, 1.54) is 0 Å². The first-order valence-corrected chi connectivity index (χ1v) is 8.14. The summed E-state index contributed by atoms with van der Waals surface area (Å²) < 4.78 is 28.6. The number of para-hydroxylation sites is 2. The highest BCUT2D eigenvalue weighted by Crippen LogP contribution is 2.31. The highest BCUT2D eigenvalue weighted by atomic mass is 19.1. The minimum atomic E-state index is -0.854. The number of aliphatic hydroxyl groups is 1. The van der Waals surface area contributed by atoms with Crippen molar-refractivity contribution in [3.63, 3.8) is 0 Å². The molecule has 0 atom stereocenters. The standard InChI is InChI=1S/C19H15F2N3O2/c20-11-5-6-14(13(21)9-11)22-18(26)10-12-17(25)7-8-24-16-4-2-1-3-15(16)23-19(12)24/h1-6,9,25H,7-8,10H2,(H,22,26). The van der Waals surface area contributed by atoms with Gasteiger partial charge in [-0.15, -0.1) is 0 Å². The summed E-state index contributed by atoms with van der Waals surface area (Å²) in [6.45, 7) is 0.569. The van der Waals surface area contributed by atoms with Crippen LogP contribution in [0.2, 0.25) is 0 Å². The Balaban J connectivity index is 1.62. The zero-order valence-electron chi connectivity index (χ0n) is 13.7. The number of aromatic nitrogens is 2. The lowest BCUT2D eigenvalue weighted by atomic mass is 10.0. The van der Waals surface area contributed by atoms with Crippen molar-refractivity contribution in [2.24, 2.45) is 0 Å². The second-order valence-electron chi connectivity index (χ2n) is 6.10. The Kier molecular flexibility index (Phi) is 3.91. The Morgan fingerprint density at radius 2 is 2.04 bits per heavy atom. The van der Waals surface area contributed by atoms with Crippen molar-refractivity contribution in [3.05, 3.63) is 65.7 Å². The number of carbonyl (C=O) groups excluding carboxylic acids is 1. The third-order valence-corrected chi connectivity index (χ3v) is 4.39. The van der Waals surface area contributed by atoms with Crippen LogP contribution in [0.3, 0.4) is 0 Å². The molecule has 0 saturated heterocycles. The van der Waals surface area contributed by atoms with E-state index in [1.807, 2.05) is 28.8 Å². The highest BCUT2D eigenvalue weighted by Gasteiger charge is 2.24. The maximum atomic E-state index is 13.7. The van der Waals surface area contributed by atoms with E-state index in [2.05, 4.69) is 10.3 Å². The maximum absolute atomic E-state index is 13.7. The molecule has 1 aliphatic heterocycles. The number of anilines is 1. The molecule has 0 bridgehead atoms. The smallest absolute Gasteiger partial charge is 0.229 e. The van der Waals surface area contributed by atoms with Crippen LogP contribution < -0.4 is 5.32 Å². The molecule has 7 heteroatoms. The van der Waals surface area contributed by atoms with Crippen molar-refractivity contribution in [1.29, 1.82) is 0 Å². The molecule has 0 aliphatic carbocycles. The Morgan fingerprint density at radius 1 is 1.23 bits per heavy atom. The van der Waals surface area contributed by atoms with E-state index < -0.39 is 17.5 Å². The number of carbonyl (C=O) groups is 1. The molecule has 2 aromatic carbocycles. The van der Waals surface area contributed by atoms with Crippen molar-refractivity contribution in [2.75, 3.05) is 5.32 Å².